The summed E-state index contributed by atoms with van der Waals surface area (Å²) in [5, 5.41) is 2.61. The van der Waals surface area contributed by atoms with Crippen molar-refractivity contribution < 1.29 is 22.0 Å². The van der Waals surface area contributed by atoms with Crippen LogP contribution in [0.3, 0.4) is 0 Å². The molecule has 1 nitrogen and oxygen atoms in total. The van der Waals surface area contributed by atoms with Crippen molar-refractivity contribution in [1.29, 1.82) is 0 Å². The van der Waals surface area contributed by atoms with Crippen LogP contribution in [-0.4, -0.2) is 12.2 Å². The molecule has 1 aromatic rings. The molecule has 0 spiro atoms. The lowest BCUT2D eigenvalue weighted by Crippen LogP contribution is -2.35. The van der Waals surface area contributed by atoms with Gasteiger partial charge < -0.3 is 5.32 Å². The van der Waals surface area contributed by atoms with Crippen LogP contribution in [0.4, 0.5) is 27.6 Å². The van der Waals surface area contributed by atoms with Gasteiger partial charge in [0.15, 0.2) is 5.82 Å². The third-order valence-corrected chi connectivity index (χ3v) is 3.77. The van der Waals surface area contributed by atoms with E-state index in [9.17, 15) is 22.0 Å². The van der Waals surface area contributed by atoms with E-state index in [4.69, 9.17) is 0 Å². The molecule has 0 radical (unpaired) electrons. The van der Waals surface area contributed by atoms with Crippen LogP contribution in [0.15, 0.2) is 12.1 Å². The molecule has 112 valence electrons. The number of anilines is 1. The van der Waals surface area contributed by atoms with E-state index in [2.05, 4.69) is 5.32 Å². The average Bonchev–Trinajstić information content (AvgIpc) is 2.39. The summed E-state index contributed by atoms with van der Waals surface area (Å²) in [6.45, 7) is 1.49. The first-order chi connectivity index (χ1) is 9.29. The zero-order valence-corrected chi connectivity index (χ0v) is 11.0. The van der Waals surface area contributed by atoms with E-state index in [1.54, 1.807) is 0 Å². The number of hydrogen-bond acceptors (Lipinski definition) is 1. The van der Waals surface area contributed by atoms with Gasteiger partial charge in [0.2, 0.25) is 0 Å². The molecule has 1 saturated carbocycles. The maximum absolute atomic E-state index is 13.8. The lowest BCUT2D eigenvalue weighted by atomic mass is 9.85. The number of nitrogens with one attached hydrogen (secondary N) is 1. The Morgan fingerprint density at radius 2 is 1.85 bits per heavy atom. The largest absolute Gasteiger partial charge is 0.391 e. The van der Waals surface area contributed by atoms with Crippen LogP contribution in [0.25, 0.3) is 0 Å². The normalized spacial score (nSPS) is 23.7. The molecule has 0 bridgehead atoms. The van der Waals surface area contributed by atoms with Crippen LogP contribution in [-0.2, 0) is 0 Å². The summed E-state index contributed by atoms with van der Waals surface area (Å²) >= 11 is 0. The molecule has 0 aromatic heterocycles. The molecular formula is C14H16F5N. The Morgan fingerprint density at radius 3 is 2.50 bits per heavy atom. The summed E-state index contributed by atoms with van der Waals surface area (Å²) in [5.41, 5.74) is -0.0603. The highest BCUT2D eigenvalue weighted by molar-refractivity contribution is 5.49. The zero-order valence-electron chi connectivity index (χ0n) is 11.0. The fraction of sp³-hybridized carbons (Fsp3) is 0.571. The van der Waals surface area contributed by atoms with Crippen LogP contribution in [0.5, 0.6) is 0 Å². The zero-order chi connectivity index (χ0) is 14.9. The van der Waals surface area contributed by atoms with Gasteiger partial charge >= 0.3 is 6.18 Å². The van der Waals surface area contributed by atoms with Crippen LogP contribution in [0, 0.1) is 24.5 Å². The van der Waals surface area contributed by atoms with E-state index in [-0.39, 0.29) is 24.1 Å². The van der Waals surface area contributed by atoms with Crippen molar-refractivity contribution in [3.63, 3.8) is 0 Å². The predicted octanol–water partition coefficient (Wildman–Crippen LogP) is 4.81. The Bertz CT molecular complexity index is 483. The number of alkyl halides is 3. The maximum atomic E-state index is 13.8. The number of rotatable bonds is 2. The molecule has 0 aliphatic heterocycles. The van der Waals surface area contributed by atoms with Gasteiger partial charge in [-0.1, -0.05) is 12.5 Å². The molecule has 1 aliphatic carbocycles. The van der Waals surface area contributed by atoms with Crippen LogP contribution >= 0.6 is 0 Å². The summed E-state index contributed by atoms with van der Waals surface area (Å²) in [7, 11) is 0. The van der Waals surface area contributed by atoms with Gasteiger partial charge in [-0.3, -0.25) is 0 Å². The molecule has 6 heteroatoms. The van der Waals surface area contributed by atoms with Gasteiger partial charge in [0.1, 0.15) is 11.5 Å². The first-order valence-corrected chi connectivity index (χ1v) is 6.57. The Labute approximate surface area is 114 Å². The topological polar surface area (TPSA) is 12.0 Å². The van der Waals surface area contributed by atoms with E-state index in [1.807, 2.05) is 0 Å². The molecule has 0 saturated heterocycles. The highest BCUT2D eigenvalue weighted by Crippen LogP contribution is 2.38. The summed E-state index contributed by atoms with van der Waals surface area (Å²) in [4.78, 5) is 0. The quantitative estimate of drug-likeness (QED) is 0.772. The van der Waals surface area contributed by atoms with Crippen molar-refractivity contribution in [1.82, 2.24) is 0 Å². The summed E-state index contributed by atoms with van der Waals surface area (Å²) in [6, 6.07) is 1.86. The minimum absolute atomic E-state index is 0.0838. The van der Waals surface area contributed by atoms with E-state index < -0.39 is 29.8 Å². The fourth-order valence-corrected chi connectivity index (χ4v) is 2.61. The van der Waals surface area contributed by atoms with E-state index >= 15 is 0 Å². The lowest BCUT2D eigenvalue weighted by molar-refractivity contribution is -0.182. The van der Waals surface area contributed by atoms with Crippen molar-refractivity contribution >= 4 is 5.69 Å². The van der Waals surface area contributed by atoms with Crippen molar-refractivity contribution in [2.45, 2.75) is 44.8 Å². The fourth-order valence-electron chi connectivity index (χ4n) is 2.61. The van der Waals surface area contributed by atoms with Crippen LogP contribution in [0.1, 0.15) is 31.2 Å². The first-order valence-electron chi connectivity index (χ1n) is 6.57. The molecule has 2 rings (SSSR count). The highest BCUT2D eigenvalue weighted by Gasteiger charge is 2.42. The van der Waals surface area contributed by atoms with Gasteiger partial charge in [-0.2, -0.15) is 13.2 Å². The van der Waals surface area contributed by atoms with Gasteiger partial charge in [0.05, 0.1) is 5.92 Å². The average molecular weight is 293 g/mol. The number of aryl methyl sites for hydroxylation is 1. The molecule has 0 heterocycles. The van der Waals surface area contributed by atoms with Crippen LogP contribution in [0.2, 0.25) is 0 Å². The van der Waals surface area contributed by atoms with Gasteiger partial charge in [-0.25, -0.2) is 8.78 Å². The van der Waals surface area contributed by atoms with Crippen molar-refractivity contribution in [3.05, 3.63) is 29.3 Å². The molecule has 2 unspecified atom stereocenters. The highest BCUT2D eigenvalue weighted by atomic mass is 19.4. The standard InChI is InChI=1S/C14H16F5N/c1-8-5-6-11(15)13(12(8)16)20-10-4-2-3-9(7-10)14(17,18)19/h5-6,9-10,20H,2-4,7H2,1H3. The third-order valence-electron chi connectivity index (χ3n) is 3.77. The summed E-state index contributed by atoms with van der Waals surface area (Å²) in [6.07, 6.45) is -3.42. The van der Waals surface area contributed by atoms with Crippen LogP contribution < -0.4 is 5.32 Å². The minimum Gasteiger partial charge on any atom is -0.378 e. The van der Waals surface area contributed by atoms with Crippen molar-refractivity contribution in [2.24, 2.45) is 5.92 Å². The molecule has 2 atom stereocenters. The maximum Gasteiger partial charge on any atom is 0.391 e. The van der Waals surface area contributed by atoms with Gasteiger partial charge in [0.25, 0.3) is 0 Å². The van der Waals surface area contributed by atoms with Crippen molar-refractivity contribution in [2.75, 3.05) is 5.32 Å². The molecule has 0 amide bonds. The second kappa shape index (κ2) is 5.58. The first kappa shape index (κ1) is 15.1. The second-order valence-corrected chi connectivity index (χ2v) is 5.30. The molecule has 1 N–H and O–H groups in total. The molecule has 20 heavy (non-hydrogen) atoms. The Kier molecular flexibility index (Phi) is 4.20. The molecule has 1 aromatic carbocycles. The summed E-state index contributed by atoms with van der Waals surface area (Å²) in [5.74, 6) is -2.91. The minimum atomic E-state index is -4.25. The lowest BCUT2D eigenvalue weighted by Gasteiger charge is -2.31. The van der Waals surface area contributed by atoms with E-state index in [1.165, 1.54) is 13.0 Å². The Hall–Kier alpha value is -1.33. The Morgan fingerprint density at radius 1 is 1.15 bits per heavy atom. The number of hydrogen-bond donors (Lipinski definition) is 1. The SMILES string of the molecule is Cc1ccc(F)c(NC2CCCC(C(F)(F)F)C2)c1F. The molecular weight excluding hydrogens is 277 g/mol. The smallest absolute Gasteiger partial charge is 0.378 e. The number of benzene rings is 1. The molecule has 1 aliphatic rings. The van der Waals surface area contributed by atoms with Crippen molar-refractivity contribution in [3.8, 4) is 0 Å². The van der Waals surface area contributed by atoms with E-state index in [0.717, 1.165) is 6.07 Å². The monoisotopic (exact) mass is 293 g/mol. The predicted molar refractivity (Wildman–Crippen MR) is 66.5 cm³/mol. The third kappa shape index (κ3) is 3.22. The second-order valence-electron chi connectivity index (χ2n) is 5.30. The van der Waals surface area contributed by atoms with E-state index in [0.29, 0.717) is 12.8 Å². The Balaban J connectivity index is 2.13. The van der Waals surface area contributed by atoms with Gasteiger partial charge in [-0.05, 0) is 37.8 Å². The summed E-state index contributed by atoms with van der Waals surface area (Å²) < 4.78 is 65.5. The number of halogens is 5. The molecule has 1 fully saturated rings. The van der Waals surface area contributed by atoms with Gasteiger partial charge in [-0.15, -0.1) is 0 Å². The van der Waals surface area contributed by atoms with Gasteiger partial charge in [0, 0.05) is 6.04 Å².